The number of hydrogen-bond donors (Lipinski definition) is 0. The predicted molar refractivity (Wildman–Crippen MR) is 88.7 cm³/mol. The van der Waals surface area contributed by atoms with Gasteiger partial charge in [-0.1, -0.05) is 11.6 Å². The molecule has 0 radical (unpaired) electrons. The molecule has 0 N–H and O–H groups in total. The van der Waals surface area contributed by atoms with Gasteiger partial charge in [-0.2, -0.15) is 0 Å². The molecule has 0 unspecified atom stereocenters. The summed E-state index contributed by atoms with van der Waals surface area (Å²) < 4.78 is 15.5. The molecule has 2 aromatic carbocycles. The van der Waals surface area contributed by atoms with Crippen molar-refractivity contribution in [2.24, 2.45) is 0 Å². The van der Waals surface area contributed by atoms with E-state index in [0.29, 0.717) is 27.5 Å². The van der Waals surface area contributed by atoms with Crippen molar-refractivity contribution in [3.8, 4) is 5.75 Å². The first-order chi connectivity index (χ1) is 11.5. The number of halogens is 1. The van der Waals surface area contributed by atoms with Crippen molar-refractivity contribution in [3.05, 3.63) is 64.4 Å². The van der Waals surface area contributed by atoms with Crippen LogP contribution in [0.15, 0.2) is 46.9 Å². The summed E-state index contributed by atoms with van der Waals surface area (Å²) in [4.78, 5) is 23.7. The van der Waals surface area contributed by atoms with Crippen molar-refractivity contribution in [2.75, 3.05) is 7.11 Å². The normalized spacial score (nSPS) is 10.6. The van der Waals surface area contributed by atoms with Crippen LogP contribution in [0.4, 0.5) is 0 Å². The van der Waals surface area contributed by atoms with E-state index >= 15 is 0 Å². The fraction of sp³-hybridized carbons (Fsp3) is 0.111. The molecule has 0 aliphatic heterocycles. The van der Waals surface area contributed by atoms with Gasteiger partial charge in [0, 0.05) is 16.0 Å². The number of furan rings is 1. The van der Waals surface area contributed by atoms with Crippen molar-refractivity contribution >= 4 is 34.5 Å². The molecule has 6 heteroatoms. The lowest BCUT2D eigenvalue weighted by atomic mass is 10.1. The molecule has 24 heavy (non-hydrogen) atoms. The Morgan fingerprint density at radius 1 is 1.04 bits per heavy atom. The van der Waals surface area contributed by atoms with Crippen LogP contribution in [-0.4, -0.2) is 19.0 Å². The first-order valence-electron chi connectivity index (χ1n) is 7.09. The average Bonchev–Trinajstić information content (AvgIpc) is 2.91. The van der Waals surface area contributed by atoms with E-state index in [2.05, 4.69) is 4.74 Å². The number of carbonyl (C=O) groups excluding carboxylic acids is 2. The lowest BCUT2D eigenvalue weighted by molar-refractivity contribution is 0.0600. The maximum Gasteiger partial charge on any atom is 0.379 e. The summed E-state index contributed by atoms with van der Waals surface area (Å²) in [5, 5.41) is 1.32. The Kier molecular flexibility index (Phi) is 4.27. The average molecular weight is 345 g/mol. The van der Waals surface area contributed by atoms with Crippen LogP contribution < -0.4 is 4.74 Å². The van der Waals surface area contributed by atoms with E-state index in [1.807, 2.05) is 0 Å². The summed E-state index contributed by atoms with van der Waals surface area (Å²) in [5.41, 5.74) is 1.58. The van der Waals surface area contributed by atoms with Gasteiger partial charge in [-0.05, 0) is 49.4 Å². The van der Waals surface area contributed by atoms with Crippen LogP contribution in [0.1, 0.15) is 26.5 Å². The monoisotopic (exact) mass is 344 g/mol. The quantitative estimate of drug-likeness (QED) is 0.520. The van der Waals surface area contributed by atoms with Gasteiger partial charge in [0.1, 0.15) is 11.3 Å². The number of fused-ring (bicyclic) bond motifs is 1. The highest BCUT2D eigenvalue weighted by molar-refractivity contribution is 6.31. The first-order valence-corrected chi connectivity index (χ1v) is 7.46. The molecular weight excluding hydrogens is 332 g/mol. The highest BCUT2D eigenvalue weighted by Gasteiger charge is 2.20. The summed E-state index contributed by atoms with van der Waals surface area (Å²) in [7, 11) is 1.30. The van der Waals surface area contributed by atoms with Crippen LogP contribution in [0.5, 0.6) is 5.75 Å². The van der Waals surface area contributed by atoms with Crippen molar-refractivity contribution in [3.63, 3.8) is 0 Å². The van der Waals surface area contributed by atoms with Gasteiger partial charge in [-0.25, -0.2) is 9.59 Å². The number of hydrogen-bond acceptors (Lipinski definition) is 5. The topological polar surface area (TPSA) is 65.7 Å². The second-order valence-corrected chi connectivity index (χ2v) is 5.54. The van der Waals surface area contributed by atoms with Gasteiger partial charge < -0.3 is 13.9 Å². The summed E-state index contributed by atoms with van der Waals surface area (Å²) in [5.74, 6) is -0.668. The molecule has 0 aliphatic rings. The molecule has 5 nitrogen and oxygen atoms in total. The maximum absolute atomic E-state index is 12.3. The molecule has 122 valence electrons. The summed E-state index contributed by atoms with van der Waals surface area (Å²) >= 11 is 5.97. The van der Waals surface area contributed by atoms with Crippen LogP contribution in [0.25, 0.3) is 11.0 Å². The summed E-state index contributed by atoms with van der Waals surface area (Å²) in [6.07, 6.45) is 0. The lowest BCUT2D eigenvalue weighted by Gasteiger charge is -2.04. The summed E-state index contributed by atoms with van der Waals surface area (Å²) in [6, 6.07) is 11.2. The molecule has 0 bridgehead atoms. The van der Waals surface area contributed by atoms with Gasteiger partial charge in [0.15, 0.2) is 0 Å². The highest BCUT2D eigenvalue weighted by Crippen LogP contribution is 2.28. The molecule has 1 heterocycles. The summed E-state index contributed by atoms with van der Waals surface area (Å²) in [6.45, 7) is 1.76. The van der Waals surface area contributed by atoms with Gasteiger partial charge in [-0.15, -0.1) is 0 Å². The Labute approximate surface area is 142 Å². The molecule has 0 amide bonds. The van der Waals surface area contributed by atoms with E-state index in [1.165, 1.54) is 31.4 Å². The zero-order chi connectivity index (χ0) is 17.3. The van der Waals surface area contributed by atoms with Crippen molar-refractivity contribution in [1.82, 2.24) is 0 Å². The Bertz CT molecular complexity index is 924. The zero-order valence-corrected chi connectivity index (χ0v) is 13.7. The van der Waals surface area contributed by atoms with Gasteiger partial charge in [0.25, 0.3) is 0 Å². The van der Waals surface area contributed by atoms with Crippen LogP contribution >= 0.6 is 11.6 Å². The standard InChI is InChI=1S/C18H13ClO5/c1-10-14-9-12(19)5-8-15(14)24-16(10)18(21)23-13-6-3-11(4-7-13)17(20)22-2/h3-9H,1-2H3. The van der Waals surface area contributed by atoms with E-state index in [9.17, 15) is 9.59 Å². The Hall–Kier alpha value is -2.79. The van der Waals surface area contributed by atoms with Crippen molar-refractivity contribution in [1.29, 1.82) is 0 Å². The molecule has 0 saturated carbocycles. The lowest BCUT2D eigenvalue weighted by Crippen LogP contribution is -2.09. The van der Waals surface area contributed by atoms with E-state index in [1.54, 1.807) is 25.1 Å². The van der Waals surface area contributed by atoms with Gasteiger partial charge in [-0.3, -0.25) is 0 Å². The third-order valence-electron chi connectivity index (χ3n) is 3.57. The largest absolute Gasteiger partial charge is 0.465 e. The minimum atomic E-state index is -0.620. The SMILES string of the molecule is COC(=O)c1ccc(OC(=O)c2oc3ccc(Cl)cc3c2C)cc1. The van der Waals surface area contributed by atoms with Crippen LogP contribution in [-0.2, 0) is 4.74 Å². The van der Waals surface area contributed by atoms with Gasteiger partial charge >= 0.3 is 11.9 Å². The predicted octanol–water partition coefficient (Wildman–Crippen LogP) is 4.40. The molecular formula is C18H13ClO5. The van der Waals surface area contributed by atoms with E-state index in [-0.39, 0.29) is 5.76 Å². The van der Waals surface area contributed by atoms with E-state index < -0.39 is 11.9 Å². The smallest absolute Gasteiger partial charge is 0.379 e. The minimum Gasteiger partial charge on any atom is -0.465 e. The molecule has 0 saturated heterocycles. The first kappa shape index (κ1) is 16.1. The maximum atomic E-state index is 12.3. The highest BCUT2D eigenvalue weighted by atomic mass is 35.5. The van der Waals surface area contributed by atoms with Gasteiger partial charge in [0.2, 0.25) is 5.76 Å². The van der Waals surface area contributed by atoms with Crippen molar-refractivity contribution < 1.29 is 23.5 Å². The number of esters is 2. The Balaban J connectivity index is 1.85. The number of methoxy groups -OCH3 is 1. The third kappa shape index (κ3) is 2.98. The second kappa shape index (κ2) is 6.37. The fourth-order valence-electron chi connectivity index (χ4n) is 2.32. The number of aryl methyl sites for hydroxylation is 1. The van der Waals surface area contributed by atoms with Gasteiger partial charge in [0.05, 0.1) is 12.7 Å². The number of benzene rings is 2. The van der Waals surface area contributed by atoms with E-state index in [4.69, 9.17) is 20.8 Å². The molecule has 0 atom stereocenters. The number of ether oxygens (including phenoxy) is 2. The molecule has 3 aromatic rings. The number of carbonyl (C=O) groups is 2. The Morgan fingerprint density at radius 2 is 1.75 bits per heavy atom. The molecule has 3 rings (SSSR count). The third-order valence-corrected chi connectivity index (χ3v) is 3.80. The number of rotatable bonds is 3. The van der Waals surface area contributed by atoms with Crippen LogP contribution in [0.2, 0.25) is 5.02 Å². The molecule has 0 spiro atoms. The Morgan fingerprint density at radius 3 is 2.42 bits per heavy atom. The fourth-order valence-corrected chi connectivity index (χ4v) is 2.49. The van der Waals surface area contributed by atoms with E-state index in [0.717, 1.165) is 5.39 Å². The zero-order valence-electron chi connectivity index (χ0n) is 13.0. The van der Waals surface area contributed by atoms with Crippen molar-refractivity contribution in [2.45, 2.75) is 6.92 Å². The molecule has 1 aromatic heterocycles. The molecule has 0 aliphatic carbocycles. The van der Waals surface area contributed by atoms with Crippen LogP contribution in [0.3, 0.4) is 0 Å². The molecule has 0 fully saturated rings. The minimum absolute atomic E-state index is 0.115. The second-order valence-electron chi connectivity index (χ2n) is 5.10. The van der Waals surface area contributed by atoms with Crippen LogP contribution in [0, 0.1) is 6.92 Å².